The molecule has 0 unspecified atom stereocenters. The zero-order valence-corrected chi connectivity index (χ0v) is 7.31. The number of aromatic nitrogens is 4. The summed E-state index contributed by atoms with van der Waals surface area (Å²) in [4.78, 5) is 19.7. The van der Waals surface area contributed by atoms with Gasteiger partial charge in [-0.2, -0.15) is 0 Å². The summed E-state index contributed by atoms with van der Waals surface area (Å²) >= 11 is 0. The van der Waals surface area contributed by atoms with Crippen LogP contribution in [0.4, 0.5) is 0 Å². The molecule has 1 aliphatic heterocycles. The molecule has 0 aromatic carbocycles. The maximum atomic E-state index is 4.25. The van der Waals surface area contributed by atoms with Crippen molar-refractivity contribution in [1.29, 1.82) is 0 Å². The molecule has 0 radical (unpaired) electrons. The van der Waals surface area contributed by atoms with Gasteiger partial charge in [-0.3, -0.25) is 4.99 Å². The van der Waals surface area contributed by atoms with Crippen LogP contribution in [0.5, 0.6) is 0 Å². The van der Waals surface area contributed by atoms with Crippen molar-refractivity contribution in [3.63, 3.8) is 0 Å². The first-order valence-electron chi connectivity index (χ1n) is 4.27. The highest BCUT2D eigenvalue weighted by molar-refractivity contribution is 5.87. The van der Waals surface area contributed by atoms with Gasteiger partial charge < -0.3 is 4.98 Å². The van der Waals surface area contributed by atoms with E-state index in [-0.39, 0.29) is 0 Å². The molecule has 5 nitrogen and oxygen atoms in total. The van der Waals surface area contributed by atoms with Gasteiger partial charge in [0.25, 0.3) is 0 Å². The first-order valence-corrected chi connectivity index (χ1v) is 4.27. The van der Waals surface area contributed by atoms with Gasteiger partial charge in [0.1, 0.15) is 12.0 Å². The lowest BCUT2D eigenvalue weighted by Gasteiger charge is -2.00. The summed E-state index contributed by atoms with van der Waals surface area (Å²) in [6, 6.07) is 0. The average molecular weight is 185 g/mol. The number of hydrogen-bond donors (Lipinski definition) is 1. The smallest absolute Gasteiger partial charge is 0.116 e. The molecular weight excluding hydrogens is 178 g/mol. The van der Waals surface area contributed by atoms with Gasteiger partial charge in [-0.25, -0.2) is 15.0 Å². The molecule has 3 heterocycles. The van der Waals surface area contributed by atoms with Crippen molar-refractivity contribution in [2.24, 2.45) is 4.99 Å². The van der Waals surface area contributed by atoms with Gasteiger partial charge in [-0.15, -0.1) is 0 Å². The fraction of sp³-hybridized carbons (Fsp3) is 0.111. The summed E-state index contributed by atoms with van der Waals surface area (Å²) in [7, 11) is 0. The number of hydrogen-bond acceptors (Lipinski definition) is 4. The molecule has 1 aliphatic rings. The summed E-state index contributed by atoms with van der Waals surface area (Å²) in [5, 5.41) is 0. The number of aromatic amines is 1. The van der Waals surface area contributed by atoms with E-state index in [0.717, 1.165) is 22.6 Å². The van der Waals surface area contributed by atoms with Gasteiger partial charge in [-0.05, 0) is 0 Å². The van der Waals surface area contributed by atoms with Crippen LogP contribution in [0, 0.1) is 0 Å². The summed E-state index contributed by atoms with van der Waals surface area (Å²) in [5.74, 6) is 0. The Kier molecular flexibility index (Phi) is 1.44. The van der Waals surface area contributed by atoms with E-state index in [1.165, 1.54) is 6.33 Å². The van der Waals surface area contributed by atoms with Crippen molar-refractivity contribution < 1.29 is 0 Å². The fourth-order valence-corrected chi connectivity index (χ4v) is 1.51. The highest BCUT2D eigenvalue weighted by Crippen LogP contribution is 2.23. The molecule has 0 aliphatic carbocycles. The Morgan fingerprint density at radius 2 is 2.21 bits per heavy atom. The maximum Gasteiger partial charge on any atom is 0.116 e. The van der Waals surface area contributed by atoms with Crippen molar-refractivity contribution in [3.05, 3.63) is 30.1 Å². The topological polar surface area (TPSA) is 66.8 Å². The molecule has 14 heavy (non-hydrogen) atoms. The third-order valence-corrected chi connectivity index (χ3v) is 2.16. The Labute approximate surface area is 80.0 Å². The molecule has 0 saturated heterocycles. The maximum absolute atomic E-state index is 4.25. The van der Waals surface area contributed by atoms with Crippen LogP contribution in [0.15, 0.2) is 23.8 Å². The standard InChI is InChI=1S/C9H7N5/c1-6-2-11-4-13-8(6)9-7(3-10-1)12-5-14-9/h2-5H,1H2,(H,12,14). The third-order valence-electron chi connectivity index (χ3n) is 2.16. The number of aliphatic imine (C=N–C) groups is 1. The molecule has 0 bridgehead atoms. The van der Waals surface area contributed by atoms with Gasteiger partial charge in [0.05, 0.1) is 24.3 Å². The molecule has 0 atom stereocenters. The van der Waals surface area contributed by atoms with E-state index in [9.17, 15) is 0 Å². The van der Waals surface area contributed by atoms with Gasteiger partial charge in [0, 0.05) is 18.0 Å². The van der Waals surface area contributed by atoms with Crippen LogP contribution in [0.25, 0.3) is 11.4 Å². The van der Waals surface area contributed by atoms with Gasteiger partial charge in [0.2, 0.25) is 0 Å². The second kappa shape index (κ2) is 2.73. The van der Waals surface area contributed by atoms with Gasteiger partial charge in [-0.1, -0.05) is 0 Å². The summed E-state index contributed by atoms with van der Waals surface area (Å²) in [6.45, 7) is 0.611. The minimum Gasteiger partial charge on any atom is -0.343 e. The summed E-state index contributed by atoms with van der Waals surface area (Å²) < 4.78 is 0. The number of H-pyrrole nitrogens is 1. The van der Waals surface area contributed by atoms with Gasteiger partial charge >= 0.3 is 0 Å². The van der Waals surface area contributed by atoms with E-state index in [1.54, 1.807) is 18.7 Å². The van der Waals surface area contributed by atoms with Crippen LogP contribution in [0.3, 0.4) is 0 Å². The molecule has 0 saturated carbocycles. The predicted molar refractivity (Wildman–Crippen MR) is 50.9 cm³/mol. The quantitative estimate of drug-likeness (QED) is 0.660. The molecule has 0 amide bonds. The SMILES string of the molecule is C1=NCc2cncnc2-c2nc[nH]c21. The molecule has 1 N–H and O–H groups in total. The summed E-state index contributed by atoms with van der Waals surface area (Å²) in [5.41, 5.74) is 3.63. The lowest BCUT2D eigenvalue weighted by molar-refractivity contribution is 1.02. The van der Waals surface area contributed by atoms with Crippen molar-refractivity contribution in [3.8, 4) is 11.4 Å². The highest BCUT2D eigenvalue weighted by Gasteiger charge is 2.14. The van der Waals surface area contributed by atoms with Crippen molar-refractivity contribution in [1.82, 2.24) is 19.9 Å². The zero-order valence-electron chi connectivity index (χ0n) is 7.31. The monoisotopic (exact) mass is 185 g/mol. The van der Waals surface area contributed by atoms with Gasteiger partial charge in [0.15, 0.2) is 0 Å². The minimum atomic E-state index is 0.611. The van der Waals surface area contributed by atoms with Crippen LogP contribution in [-0.4, -0.2) is 26.2 Å². The van der Waals surface area contributed by atoms with Crippen LogP contribution in [0.2, 0.25) is 0 Å². The molecule has 68 valence electrons. The number of nitrogens with one attached hydrogen (secondary N) is 1. The fourth-order valence-electron chi connectivity index (χ4n) is 1.51. The Morgan fingerprint density at radius 1 is 1.21 bits per heavy atom. The van der Waals surface area contributed by atoms with Crippen LogP contribution < -0.4 is 0 Å². The highest BCUT2D eigenvalue weighted by atomic mass is 14.9. The van der Waals surface area contributed by atoms with E-state index in [1.807, 2.05) is 0 Å². The van der Waals surface area contributed by atoms with E-state index in [4.69, 9.17) is 0 Å². The second-order valence-corrected chi connectivity index (χ2v) is 3.03. The molecule has 0 fully saturated rings. The van der Waals surface area contributed by atoms with Crippen LogP contribution in [-0.2, 0) is 6.54 Å². The number of fused-ring (bicyclic) bond motifs is 3. The van der Waals surface area contributed by atoms with E-state index in [0.29, 0.717) is 6.54 Å². The normalized spacial score (nSPS) is 13.1. The first-order chi connectivity index (χ1) is 6.95. The number of imidazole rings is 1. The molecular formula is C9H7N5. The Hall–Kier alpha value is -2.04. The van der Waals surface area contributed by atoms with Crippen LogP contribution >= 0.6 is 0 Å². The second-order valence-electron chi connectivity index (χ2n) is 3.03. The van der Waals surface area contributed by atoms with E-state index >= 15 is 0 Å². The summed E-state index contributed by atoms with van der Waals surface area (Å²) in [6.07, 6.45) is 6.74. The predicted octanol–water partition coefficient (Wildman–Crippen LogP) is 0.799. The lowest BCUT2D eigenvalue weighted by atomic mass is 10.2. The molecule has 2 aromatic rings. The molecule has 0 spiro atoms. The average Bonchev–Trinajstić information content (AvgIpc) is 2.61. The zero-order chi connectivity index (χ0) is 9.38. The Morgan fingerprint density at radius 3 is 3.21 bits per heavy atom. The number of nitrogens with zero attached hydrogens (tertiary/aromatic N) is 4. The van der Waals surface area contributed by atoms with Crippen LogP contribution in [0.1, 0.15) is 11.3 Å². The largest absolute Gasteiger partial charge is 0.343 e. The Bertz CT molecular complexity index is 499. The Balaban J connectivity index is 2.33. The molecule has 3 rings (SSSR count). The number of rotatable bonds is 0. The lowest BCUT2D eigenvalue weighted by Crippen LogP contribution is -1.93. The van der Waals surface area contributed by atoms with E-state index in [2.05, 4.69) is 24.9 Å². The van der Waals surface area contributed by atoms with Crippen molar-refractivity contribution in [2.75, 3.05) is 0 Å². The first kappa shape index (κ1) is 7.37. The molecule has 2 aromatic heterocycles. The van der Waals surface area contributed by atoms with E-state index < -0.39 is 0 Å². The molecule has 5 heteroatoms. The van der Waals surface area contributed by atoms with Crippen molar-refractivity contribution in [2.45, 2.75) is 6.54 Å². The third kappa shape index (κ3) is 0.953. The minimum absolute atomic E-state index is 0.611. The van der Waals surface area contributed by atoms with Crippen molar-refractivity contribution >= 4 is 6.21 Å².